The fraction of sp³-hybridized carbons (Fsp3) is 0.517. The summed E-state index contributed by atoms with van der Waals surface area (Å²) in [7, 11) is 0. The van der Waals surface area contributed by atoms with Gasteiger partial charge in [0.1, 0.15) is 6.61 Å². The maximum Gasteiger partial charge on any atom is 0.305 e. The lowest BCUT2D eigenvalue weighted by atomic mass is 9.98. The summed E-state index contributed by atoms with van der Waals surface area (Å²) in [6, 6.07) is 16.8. The van der Waals surface area contributed by atoms with Crippen LogP contribution >= 0.6 is 0 Å². The summed E-state index contributed by atoms with van der Waals surface area (Å²) >= 11 is 0. The molecule has 0 atom stereocenters. The zero-order valence-electron chi connectivity index (χ0n) is 19.8. The molecule has 0 saturated heterocycles. The van der Waals surface area contributed by atoms with E-state index in [1.54, 1.807) is 0 Å². The molecule has 2 aromatic carbocycles. The number of carboxylic acids is 1. The Kier molecular flexibility index (Phi) is 10.5. The third-order valence-corrected chi connectivity index (χ3v) is 6.65. The number of esters is 1. The molecule has 4 heteroatoms. The van der Waals surface area contributed by atoms with Crippen molar-refractivity contribution < 1.29 is 19.4 Å². The molecule has 1 aliphatic rings. The summed E-state index contributed by atoms with van der Waals surface area (Å²) in [6.45, 7) is 0.420. The zero-order chi connectivity index (χ0) is 23.3. The number of carbonyl (C=O) groups excluding carboxylic acids is 1. The Morgan fingerprint density at radius 3 is 1.55 bits per heavy atom. The van der Waals surface area contributed by atoms with Crippen molar-refractivity contribution in [3.63, 3.8) is 0 Å². The van der Waals surface area contributed by atoms with Gasteiger partial charge in [0.05, 0.1) is 0 Å². The highest BCUT2D eigenvalue weighted by Crippen LogP contribution is 2.44. The molecule has 178 valence electrons. The molecule has 2 aromatic rings. The van der Waals surface area contributed by atoms with Crippen molar-refractivity contribution in [2.75, 3.05) is 6.61 Å². The quantitative estimate of drug-likeness (QED) is 0.212. The van der Waals surface area contributed by atoms with E-state index in [4.69, 9.17) is 9.84 Å². The van der Waals surface area contributed by atoms with Crippen molar-refractivity contribution >= 4 is 11.9 Å². The number of carboxylic acid groups (broad SMARTS) is 1. The molecule has 0 heterocycles. The molecule has 0 radical (unpaired) electrons. The van der Waals surface area contributed by atoms with Gasteiger partial charge in [-0.05, 0) is 35.1 Å². The third kappa shape index (κ3) is 8.03. The maximum absolute atomic E-state index is 12.3. The van der Waals surface area contributed by atoms with Crippen molar-refractivity contribution in [2.45, 2.75) is 89.4 Å². The van der Waals surface area contributed by atoms with Crippen LogP contribution in [0.15, 0.2) is 48.5 Å². The number of aliphatic carboxylic acids is 1. The van der Waals surface area contributed by atoms with Crippen molar-refractivity contribution in [1.29, 1.82) is 0 Å². The highest BCUT2D eigenvalue weighted by Gasteiger charge is 2.28. The van der Waals surface area contributed by atoms with Crippen LogP contribution in [-0.2, 0) is 14.3 Å². The molecule has 1 aliphatic carbocycles. The summed E-state index contributed by atoms with van der Waals surface area (Å²) in [5.41, 5.74) is 5.03. The fourth-order valence-electron chi connectivity index (χ4n) is 4.82. The van der Waals surface area contributed by atoms with Crippen molar-refractivity contribution in [2.24, 2.45) is 0 Å². The van der Waals surface area contributed by atoms with E-state index < -0.39 is 5.97 Å². The van der Waals surface area contributed by atoms with E-state index in [0.29, 0.717) is 19.4 Å². The monoisotopic (exact) mass is 450 g/mol. The zero-order valence-corrected chi connectivity index (χ0v) is 19.8. The van der Waals surface area contributed by atoms with Crippen molar-refractivity contribution in [1.82, 2.24) is 0 Å². The normalized spacial score (nSPS) is 12.4. The van der Waals surface area contributed by atoms with E-state index in [2.05, 4.69) is 48.5 Å². The maximum atomic E-state index is 12.3. The van der Waals surface area contributed by atoms with Crippen molar-refractivity contribution in [3.05, 3.63) is 59.7 Å². The van der Waals surface area contributed by atoms with E-state index in [0.717, 1.165) is 32.1 Å². The van der Waals surface area contributed by atoms with Gasteiger partial charge in [-0.3, -0.25) is 9.59 Å². The molecular formula is C29H38O4. The van der Waals surface area contributed by atoms with Crippen LogP contribution < -0.4 is 0 Å². The lowest BCUT2D eigenvalue weighted by molar-refractivity contribution is -0.144. The number of unbranched alkanes of at least 4 members (excludes halogenated alkanes) is 10. The van der Waals surface area contributed by atoms with Gasteiger partial charge >= 0.3 is 11.9 Å². The Bertz CT molecular complexity index is 843. The van der Waals surface area contributed by atoms with E-state index in [-0.39, 0.29) is 11.9 Å². The first-order valence-electron chi connectivity index (χ1n) is 12.7. The van der Waals surface area contributed by atoms with Crippen LogP contribution in [0.3, 0.4) is 0 Å². The van der Waals surface area contributed by atoms with E-state index in [1.165, 1.54) is 60.8 Å². The molecule has 0 fully saturated rings. The molecule has 33 heavy (non-hydrogen) atoms. The Hall–Kier alpha value is -2.62. The van der Waals surface area contributed by atoms with E-state index in [9.17, 15) is 9.59 Å². The second-order valence-corrected chi connectivity index (χ2v) is 9.19. The molecule has 4 nitrogen and oxygen atoms in total. The molecule has 0 unspecified atom stereocenters. The van der Waals surface area contributed by atoms with Gasteiger partial charge in [-0.15, -0.1) is 0 Å². The Morgan fingerprint density at radius 2 is 1.06 bits per heavy atom. The van der Waals surface area contributed by atoms with Crippen LogP contribution in [0.5, 0.6) is 0 Å². The standard InChI is InChI=1S/C29H38O4/c30-28(31)20-10-8-6-4-2-1-3-5-7-9-11-21-29(32)33-22-27-25-18-14-12-16-23(25)24-17-13-15-19-26(24)27/h12-19,27H,1-11,20-22H2,(H,30,31). The molecule has 0 spiro atoms. The number of benzene rings is 2. The molecule has 0 bridgehead atoms. The lowest BCUT2D eigenvalue weighted by Gasteiger charge is -2.14. The van der Waals surface area contributed by atoms with Crippen LogP contribution in [0.2, 0.25) is 0 Å². The van der Waals surface area contributed by atoms with Gasteiger partial charge in [0, 0.05) is 18.8 Å². The molecule has 3 rings (SSSR count). The largest absolute Gasteiger partial charge is 0.481 e. The van der Waals surface area contributed by atoms with Gasteiger partial charge in [-0.25, -0.2) is 0 Å². The smallest absolute Gasteiger partial charge is 0.305 e. The molecular weight excluding hydrogens is 412 g/mol. The number of carbonyl (C=O) groups is 2. The predicted molar refractivity (Wildman–Crippen MR) is 132 cm³/mol. The second-order valence-electron chi connectivity index (χ2n) is 9.19. The minimum atomic E-state index is -0.686. The van der Waals surface area contributed by atoms with Crippen LogP contribution in [0.1, 0.15) is 101 Å². The van der Waals surface area contributed by atoms with Crippen molar-refractivity contribution in [3.8, 4) is 11.1 Å². The summed E-state index contributed by atoms with van der Waals surface area (Å²) in [5, 5.41) is 8.62. The molecule has 0 aromatic heterocycles. The van der Waals surface area contributed by atoms with E-state index >= 15 is 0 Å². The fourth-order valence-corrected chi connectivity index (χ4v) is 4.82. The SMILES string of the molecule is O=C(O)CCCCCCCCCCCCCC(=O)OCC1c2ccccc2-c2ccccc21. The minimum Gasteiger partial charge on any atom is -0.481 e. The number of hydrogen-bond donors (Lipinski definition) is 1. The Morgan fingerprint density at radius 1 is 0.636 bits per heavy atom. The average Bonchev–Trinajstić information content (AvgIpc) is 3.14. The topological polar surface area (TPSA) is 63.6 Å². The number of ether oxygens (including phenoxy) is 1. The first-order valence-corrected chi connectivity index (χ1v) is 12.7. The first kappa shape index (κ1) is 25.0. The van der Waals surface area contributed by atoms with Gasteiger partial charge in [0.25, 0.3) is 0 Å². The number of hydrogen-bond acceptors (Lipinski definition) is 3. The summed E-state index contributed by atoms with van der Waals surface area (Å²) in [5.74, 6) is -0.632. The Balaban J connectivity index is 1.21. The minimum absolute atomic E-state index is 0.0836. The molecule has 1 N–H and O–H groups in total. The van der Waals surface area contributed by atoms with Crippen LogP contribution in [0, 0.1) is 0 Å². The van der Waals surface area contributed by atoms with E-state index in [1.807, 2.05) is 0 Å². The molecule has 0 aliphatic heterocycles. The number of fused-ring (bicyclic) bond motifs is 3. The van der Waals surface area contributed by atoms with Crippen LogP contribution in [0.25, 0.3) is 11.1 Å². The number of rotatable bonds is 16. The van der Waals surface area contributed by atoms with Crippen LogP contribution in [-0.4, -0.2) is 23.7 Å². The van der Waals surface area contributed by atoms with Crippen LogP contribution in [0.4, 0.5) is 0 Å². The summed E-state index contributed by atoms with van der Waals surface area (Å²) in [6.07, 6.45) is 13.1. The second kappa shape index (κ2) is 13.8. The van der Waals surface area contributed by atoms with Gasteiger partial charge in [0.2, 0.25) is 0 Å². The van der Waals surface area contributed by atoms with Gasteiger partial charge < -0.3 is 9.84 Å². The first-order chi connectivity index (χ1) is 16.2. The summed E-state index contributed by atoms with van der Waals surface area (Å²) in [4.78, 5) is 22.7. The summed E-state index contributed by atoms with van der Waals surface area (Å²) < 4.78 is 5.68. The molecule has 0 amide bonds. The third-order valence-electron chi connectivity index (χ3n) is 6.65. The average molecular weight is 451 g/mol. The molecule has 0 saturated carbocycles. The van der Waals surface area contributed by atoms with Gasteiger partial charge in [0.15, 0.2) is 0 Å². The Labute approximate surface area is 198 Å². The van der Waals surface area contributed by atoms with Gasteiger partial charge in [-0.2, -0.15) is 0 Å². The predicted octanol–water partition coefficient (Wildman–Crippen LogP) is 7.50. The highest BCUT2D eigenvalue weighted by atomic mass is 16.5. The lowest BCUT2D eigenvalue weighted by Crippen LogP contribution is -2.12. The van der Waals surface area contributed by atoms with Gasteiger partial charge in [-0.1, -0.05) is 106 Å². The highest BCUT2D eigenvalue weighted by molar-refractivity contribution is 5.79.